The third-order valence-electron chi connectivity index (χ3n) is 1.71. The topological polar surface area (TPSA) is 68.7 Å². The number of carbonyl (C=O) groups excluding carboxylic acids is 1. The molecule has 0 atom stereocenters. The largest absolute Gasteiger partial charge is 0.505 e. The molecule has 5 heteroatoms. The molecule has 0 aromatic carbocycles. The molecule has 0 amide bonds. The Balaban J connectivity index is 3.08. The molecule has 0 aliphatic carbocycles. The van der Waals surface area contributed by atoms with Gasteiger partial charge in [-0.05, 0) is 20.8 Å². The smallest absolute Gasteiger partial charge is 0.346 e. The summed E-state index contributed by atoms with van der Waals surface area (Å²) in [6.45, 7) is 5.24. The molecule has 0 saturated heterocycles. The van der Waals surface area contributed by atoms with Crippen LogP contribution in [0.1, 0.15) is 31.1 Å². The van der Waals surface area contributed by atoms with Gasteiger partial charge in [0.1, 0.15) is 11.2 Å². The van der Waals surface area contributed by atoms with Crippen LogP contribution in [0.3, 0.4) is 0 Å². The second-order valence-corrected chi connectivity index (χ2v) is 4.24. The normalized spacial score (nSPS) is 11.0. The fraction of sp³-hybridized carbons (Fsp3) is 0.455. The van der Waals surface area contributed by atoms with Crippen molar-refractivity contribution in [2.75, 3.05) is 7.11 Å². The van der Waals surface area contributed by atoms with Crippen LogP contribution >= 0.6 is 0 Å². The number of hydrogen-bond acceptors (Lipinski definition) is 5. The van der Waals surface area contributed by atoms with Gasteiger partial charge in [-0.25, -0.2) is 4.79 Å². The first-order valence-electron chi connectivity index (χ1n) is 4.79. The Morgan fingerprint density at radius 1 is 1.38 bits per heavy atom. The van der Waals surface area contributed by atoms with Crippen molar-refractivity contribution in [1.82, 2.24) is 4.98 Å². The Kier molecular flexibility index (Phi) is 3.37. The van der Waals surface area contributed by atoms with E-state index in [1.54, 1.807) is 20.8 Å². The van der Waals surface area contributed by atoms with Crippen LogP contribution in [-0.4, -0.2) is 28.8 Å². The highest BCUT2D eigenvalue weighted by atomic mass is 16.6. The lowest BCUT2D eigenvalue weighted by Gasteiger charge is -2.20. The number of esters is 1. The summed E-state index contributed by atoms with van der Waals surface area (Å²) in [4.78, 5) is 15.5. The third-order valence-corrected chi connectivity index (χ3v) is 1.71. The molecule has 1 aromatic heterocycles. The van der Waals surface area contributed by atoms with Crippen LogP contribution in [-0.2, 0) is 4.74 Å². The Labute approximate surface area is 94.0 Å². The highest BCUT2D eigenvalue weighted by Gasteiger charge is 2.24. The molecule has 0 radical (unpaired) electrons. The van der Waals surface area contributed by atoms with Crippen molar-refractivity contribution < 1.29 is 19.4 Å². The Morgan fingerprint density at radius 2 is 2.00 bits per heavy atom. The molecule has 5 nitrogen and oxygen atoms in total. The lowest BCUT2D eigenvalue weighted by Crippen LogP contribution is -2.24. The van der Waals surface area contributed by atoms with Crippen LogP contribution in [0.4, 0.5) is 0 Å². The Hall–Kier alpha value is -1.78. The summed E-state index contributed by atoms with van der Waals surface area (Å²) < 4.78 is 10.1. The minimum Gasteiger partial charge on any atom is -0.505 e. The summed E-state index contributed by atoms with van der Waals surface area (Å²) in [7, 11) is 1.39. The molecule has 1 aromatic rings. The molecule has 0 saturated carbocycles. The molecule has 1 rings (SSSR count). The van der Waals surface area contributed by atoms with Crippen molar-refractivity contribution in [3.63, 3.8) is 0 Å². The van der Waals surface area contributed by atoms with Crippen molar-refractivity contribution in [3.8, 4) is 11.5 Å². The maximum atomic E-state index is 11.8. The van der Waals surface area contributed by atoms with Crippen molar-refractivity contribution in [1.29, 1.82) is 0 Å². The molecule has 0 unspecified atom stereocenters. The fourth-order valence-electron chi connectivity index (χ4n) is 1.12. The van der Waals surface area contributed by atoms with E-state index in [1.807, 2.05) is 0 Å². The molecule has 88 valence electrons. The standard InChI is InChI=1S/C11H15NO4/c1-11(2,3)16-10(14)9-7(13)5-12-6-8(9)15-4/h5-6,13H,1-4H3. The van der Waals surface area contributed by atoms with E-state index in [0.29, 0.717) is 0 Å². The zero-order valence-corrected chi connectivity index (χ0v) is 9.77. The van der Waals surface area contributed by atoms with Gasteiger partial charge in [-0.1, -0.05) is 0 Å². The molecule has 1 N–H and O–H groups in total. The summed E-state index contributed by atoms with van der Waals surface area (Å²) in [5.74, 6) is -0.702. The van der Waals surface area contributed by atoms with Gasteiger partial charge in [0.15, 0.2) is 11.5 Å². The molecular formula is C11H15NO4. The average Bonchev–Trinajstić information content (AvgIpc) is 2.14. The van der Waals surface area contributed by atoms with Gasteiger partial charge >= 0.3 is 5.97 Å². The summed E-state index contributed by atoms with van der Waals surface area (Å²) in [6.07, 6.45) is 2.51. The fourth-order valence-corrected chi connectivity index (χ4v) is 1.12. The van der Waals surface area contributed by atoms with Gasteiger partial charge in [0.25, 0.3) is 0 Å². The second kappa shape index (κ2) is 4.38. The summed E-state index contributed by atoms with van der Waals surface area (Å²) in [6, 6.07) is 0. The zero-order valence-electron chi connectivity index (χ0n) is 9.77. The summed E-state index contributed by atoms with van der Waals surface area (Å²) >= 11 is 0. The first-order valence-corrected chi connectivity index (χ1v) is 4.79. The quantitative estimate of drug-likeness (QED) is 0.776. The molecule has 0 aliphatic heterocycles. The van der Waals surface area contributed by atoms with E-state index in [-0.39, 0.29) is 17.1 Å². The van der Waals surface area contributed by atoms with E-state index in [4.69, 9.17) is 9.47 Å². The monoisotopic (exact) mass is 225 g/mol. The maximum Gasteiger partial charge on any atom is 0.346 e. The number of rotatable bonds is 2. The van der Waals surface area contributed by atoms with E-state index in [0.717, 1.165) is 0 Å². The van der Waals surface area contributed by atoms with Crippen LogP contribution in [0.2, 0.25) is 0 Å². The van der Waals surface area contributed by atoms with Gasteiger partial charge in [0.2, 0.25) is 0 Å². The number of hydrogen-bond donors (Lipinski definition) is 1. The van der Waals surface area contributed by atoms with Gasteiger partial charge in [0.05, 0.1) is 19.5 Å². The third kappa shape index (κ3) is 2.85. The first-order chi connectivity index (χ1) is 7.35. The molecule has 1 heterocycles. The minimum atomic E-state index is -0.635. The van der Waals surface area contributed by atoms with E-state index in [1.165, 1.54) is 19.5 Å². The van der Waals surface area contributed by atoms with Gasteiger partial charge in [-0.15, -0.1) is 0 Å². The zero-order chi connectivity index (χ0) is 12.3. The first kappa shape index (κ1) is 12.3. The number of nitrogens with zero attached hydrogens (tertiary/aromatic N) is 1. The van der Waals surface area contributed by atoms with Crippen molar-refractivity contribution in [3.05, 3.63) is 18.0 Å². The van der Waals surface area contributed by atoms with E-state index >= 15 is 0 Å². The number of carbonyl (C=O) groups is 1. The highest BCUT2D eigenvalue weighted by Crippen LogP contribution is 2.27. The minimum absolute atomic E-state index is 0.00701. The number of pyridine rings is 1. The van der Waals surface area contributed by atoms with Crippen molar-refractivity contribution in [2.24, 2.45) is 0 Å². The van der Waals surface area contributed by atoms with E-state index in [2.05, 4.69) is 4.98 Å². The molecule has 0 aliphatic rings. The van der Waals surface area contributed by atoms with Crippen LogP contribution in [0.25, 0.3) is 0 Å². The molecule has 0 bridgehead atoms. The average molecular weight is 225 g/mol. The van der Waals surface area contributed by atoms with Crippen LogP contribution < -0.4 is 4.74 Å². The van der Waals surface area contributed by atoms with Gasteiger partial charge in [-0.2, -0.15) is 0 Å². The van der Waals surface area contributed by atoms with Crippen LogP contribution in [0, 0.1) is 0 Å². The van der Waals surface area contributed by atoms with Crippen LogP contribution in [0.15, 0.2) is 12.4 Å². The van der Waals surface area contributed by atoms with Gasteiger partial charge in [-0.3, -0.25) is 4.98 Å². The highest BCUT2D eigenvalue weighted by molar-refractivity contribution is 5.95. The molecule has 0 fully saturated rings. The number of ether oxygens (including phenoxy) is 2. The number of aromatic nitrogens is 1. The SMILES string of the molecule is COc1cncc(O)c1C(=O)OC(C)(C)C. The summed E-state index contributed by atoms with van der Waals surface area (Å²) in [5, 5.41) is 9.55. The summed E-state index contributed by atoms with van der Waals surface area (Å²) in [5.41, 5.74) is -0.634. The second-order valence-electron chi connectivity index (χ2n) is 4.24. The number of aromatic hydroxyl groups is 1. The molecule has 16 heavy (non-hydrogen) atoms. The van der Waals surface area contributed by atoms with Gasteiger partial charge < -0.3 is 14.6 Å². The van der Waals surface area contributed by atoms with Crippen LogP contribution in [0.5, 0.6) is 11.5 Å². The van der Waals surface area contributed by atoms with Gasteiger partial charge in [0, 0.05) is 0 Å². The molecular weight excluding hydrogens is 210 g/mol. The Bertz CT molecular complexity index is 395. The van der Waals surface area contributed by atoms with E-state index < -0.39 is 11.6 Å². The maximum absolute atomic E-state index is 11.8. The van der Waals surface area contributed by atoms with Crippen molar-refractivity contribution in [2.45, 2.75) is 26.4 Å². The Morgan fingerprint density at radius 3 is 2.50 bits per heavy atom. The lowest BCUT2D eigenvalue weighted by molar-refractivity contribution is 0.00635. The molecule has 0 spiro atoms. The number of methoxy groups -OCH3 is 1. The predicted molar refractivity (Wildman–Crippen MR) is 57.6 cm³/mol. The van der Waals surface area contributed by atoms with Crippen molar-refractivity contribution >= 4 is 5.97 Å². The van der Waals surface area contributed by atoms with E-state index in [9.17, 15) is 9.90 Å². The predicted octanol–water partition coefficient (Wildman–Crippen LogP) is 1.75. The lowest BCUT2D eigenvalue weighted by atomic mass is 10.1.